The molecule has 0 saturated heterocycles. The van der Waals surface area contributed by atoms with Crippen LogP contribution in [0.5, 0.6) is 11.5 Å². The van der Waals surface area contributed by atoms with Crippen LogP contribution >= 0.6 is 24.0 Å². The average Bonchev–Trinajstić information content (AvgIpc) is 3.17. The molecule has 7 nitrogen and oxygen atoms in total. The number of guanidine groups is 1. The van der Waals surface area contributed by atoms with E-state index in [4.69, 9.17) is 4.74 Å². The number of aliphatic imine (C=N–C) groups is 1. The summed E-state index contributed by atoms with van der Waals surface area (Å²) in [5, 5.41) is 10.6. The number of ether oxygens (including phenoxy) is 2. The lowest BCUT2D eigenvalue weighted by Gasteiger charge is -2.16. The normalized spacial score (nSPS) is 12.3. The van der Waals surface area contributed by atoms with Crippen LogP contribution in [0.3, 0.4) is 0 Å². The van der Waals surface area contributed by atoms with E-state index in [1.807, 2.05) is 23.9 Å². The van der Waals surface area contributed by atoms with Gasteiger partial charge in [-0.15, -0.1) is 24.0 Å². The molecular formula is C19H28F2IN5O2. The number of nitrogens with zero attached hydrogens (tertiary/aromatic N) is 3. The van der Waals surface area contributed by atoms with E-state index in [-0.39, 0.29) is 36.3 Å². The number of methoxy groups -OCH3 is 1. The van der Waals surface area contributed by atoms with Gasteiger partial charge in [0.1, 0.15) is 11.5 Å². The minimum atomic E-state index is -2.90. The van der Waals surface area contributed by atoms with Crippen molar-refractivity contribution in [1.82, 2.24) is 20.4 Å². The van der Waals surface area contributed by atoms with E-state index in [0.717, 1.165) is 6.54 Å². The van der Waals surface area contributed by atoms with E-state index in [2.05, 4.69) is 32.4 Å². The fourth-order valence-corrected chi connectivity index (χ4v) is 2.59. The van der Waals surface area contributed by atoms with Gasteiger partial charge in [-0.25, -0.2) is 4.99 Å². The molecule has 2 rings (SSSR count). The van der Waals surface area contributed by atoms with Crippen molar-refractivity contribution >= 4 is 29.9 Å². The number of nitrogens with one attached hydrogen (secondary N) is 2. The van der Waals surface area contributed by atoms with Gasteiger partial charge in [-0.3, -0.25) is 4.68 Å². The molecule has 0 aliphatic carbocycles. The van der Waals surface area contributed by atoms with Gasteiger partial charge in [0.25, 0.3) is 0 Å². The molecule has 1 heterocycles. The van der Waals surface area contributed by atoms with E-state index in [0.29, 0.717) is 36.3 Å². The van der Waals surface area contributed by atoms with Gasteiger partial charge in [0.15, 0.2) is 5.96 Å². The van der Waals surface area contributed by atoms with E-state index >= 15 is 0 Å². The van der Waals surface area contributed by atoms with E-state index in [1.54, 1.807) is 18.3 Å². The molecule has 1 aromatic heterocycles. The summed E-state index contributed by atoms with van der Waals surface area (Å²) >= 11 is 0. The molecule has 1 aromatic carbocycles. The van der Waals surface area contributed by atoms with E-state index in [1.165, 1.54) is 13.2 Å². The van der Waals surface area contributed by atoms with Gasteiger partial charge in [-0.2, -0.15) is 13.9 Å². The fraction of sp³-hybridized carbons (Fsp3) is 0.474. The third-order valence-corrected chi connectivity index (χ3v) is 3.91. The second-order valence-corrected chi connectivity index (χ2v) is 6.26. The zero-order chi connectivity index (χ0) is 20.4. The van der Waals surface area contributed by atoms with Gasteiger partial charge in [-0.1, -0.05) is 6.92 Å². The average molecular weight is 523 g/mol. The van der Waals surface area contributed by atoms with Crippen LogP contribution in [0.2, 0.25) is 0 Å². The lowest BCUT2D eigenvalue weighted by Crippen LogP contribution is -2.40. The molecule has 0 aliphatic heterocycles. The molecule has 10 heteroatoms. The number of hydrogen-bond donors (Lipinski definition) is 2. The van der Waals surface area contributed by atoms with Gasteiger partial charge < -0.3 is 20.1 Å². The maximum Gasteiger partial charge on any atom is 0.387 e. The Morgan fingerprint density at radius 2 is 2.10 bits per heavy atom. The van der Waals surface area contributed by atoms with Gasteiger partial charge in [0.05, 0.1) is 13.7 Å². The first kappa shape index (κ1) is 24.9. The zero-order valence-corrected chi connectivity index (χ0v) is 19.1. The van der Waals surface area contributed by atoms with Gasteiger partial charge in [0, 0.05) is 37.6 Å². The minimum Gasteiger partial charge on any atom is -0.497 e. The molecular weight excluding hydrogens is 495 g/mol. The molecule has 2 N–H and O–H groups in total. The van der Waals surface area contributed by atoms with Crippen molar-refractivity contribution in [1.29, 1.82) is 0 Å². The smallest absolute Gasteiger partial charge is 0.387 e. The Morgan fingerprint density at radius 1 is 1.31 bits per heavy atom. The molecule has 1 unspecified atom stereocenters. The predicted molar refractivity (Wildman–Crippen MR) is 119 cm³/mol. The number of alkyl halides is 2. The molecule has 2 aromatic rings. The third kappa shape index (κ3) is 8.84. The molecule has 0 bridgehead atoms. The van der Waals surface area contributed by atoms with Crippen LogP contribution in [0.1, 0.15) is 19.4 Å². The van der Waals surface area contributed by atoms with Crippen LogP contribution in [0.25, 0.3) is 0 Å². The molecule has 0 amide bonds. The van der Waals surface area contributed by atoms with Gasteiger partial charge in [-0.05, 0) is 37.1 Å². The maximum atomic E-state index is 12.6. The quantitative estimate of drug-likeness (QED) is 0.284. The van der Waals surface area contributed by atoms with Crippen molar-refractivity contribution in [2.45, 2.75) is 33.5 Å². The highest BCUT2D eigenvalue weighted by Crippen LogP contribution is 2.26. The van der Waals surface area contributed by atoms with Crippen molar-refractivity contribution < 1.29 is 18.3 Å². The lowest BCUT2D eigenvalue weighted by atomic mass is 10.2. The summed E-state index contributed by atoms with van der Waals surface area (Å²) in [4.78, 5) is 4.49. The Bertz CT molecular complexity index is 744. The van der Waals surface area contributed by atoms with Crippen molar-refractivity contribution in [2.75, 3.05) is 20.2 Å². The Labute approximate surface area is 186 Å². The predicted octanol–water partition coefficient (Wildman–Crippen LogP) is 3.50. The van der Waals surface area contributed by atoms with Crippen molar-refractivity contribution in [3.63, 3.8) is 0 Å². The summed E-state index contributed by atoms with van der Waals surface area (Å²) in [6, 6.07) is 6.57. The first-order chi connectivity index (χ1) is 13.5. The molecule has 0 spiro atoms. The zero-order valence-electron chi connectivity index (χ0n) is 16.8. The lowest BCUT2D eigenvalue weighted by molar-refractivity contribution is -0.0504. The monoisotopic (exact) mass is 523 g/mol. The second kappa shape index (κ2) is 13.2. The summed E-state index contributed by atoms with van der Waals surface area (Å²) < 4.78 is 36.9. The number of aromatic nitrogens is 2. The summed E-state index contributed by atoms with van der Waals surface area (Å²) in [6.45, 7) is 3.48. The summed E-state index contributed by atoms with van der Waals surface area (Å²) in [6.07, 6.45) is 3.67. The van der Waals surface area contributed by atoms with Gasteiger partial charge >= 0.3 is 6.61 Å². The molecule has 29 heavy (non-hydrogen) atoms. The molecule has 0 saturated carbocycles. The molecule has 0 fully saturated rings. The van der Waals surface area contributed by atoms with Crippen molar-refractivity contribution in [2.24, 2.45) is 10.9 Å². The standard InChI is InChI=1S/C19H27F2N5O2.HI/c1-4-22-19(23-11-14(2)13-26-9-5-8-25-26)24-12-15-10-16(27-3)6-7-17(15)28-18(20)21;/h5-10,14,18H,4,11-13H2,1-3H3,(H2,22,23,24);1H. The van der Waals surface area contributed by atoms with Crippen LogP contribution in [0, 0.1) is 5.92 Å². The first-order valence-corrected chi connectivity index (χ1v) is 9.13. The first-order valence-electron chi connectivity index (χ1n) is 9.13. The second-order valence-electron chi connectivity index (χ2n) is 6.26. The SMILES string of the molecule is CCNC(=NCc1cc(OC)ccc1OC(F)F)NCC(C)Cn1cccn1.I. The molecule has 162 valence electrons. The number of benzene rings is 1. The highest BCUT2D eigenvalue weighted by atomic mass is 127. The number of halogens is 3. The third-order valence-electron chi connectivity index (χ3n) is 3.91. The van der Waals surface area contributed by atoms with Crippen LogP contribution in [0.4, 0.5) is 8.78 Å². The van der Waals surface area contributed by atoms with Crippen molar-refractivity contribution in [3.8, 4) is 11.5 Å². The summed E-state index contributed by atoms with van der Waals surface area (Å²) in [5.74, 6) is 1.55. The number of hydrogen-bond acceptors (Lipinski definition) is 4. The van der Waals surface area contributed by atoms with Crippen LogP contribution in [-0.2, 0) is 13.1 Å². The summed E-state index contributed by atoms with van der Waals surface area (Å²) in [7, 11) is 1.52. The van der Waals surface area contributed by atoms with Crippen LogP contribution in [-0.4, -0.2) is 42.6 Å². The molecule has 1 atom stereocenters. The Hall–Kier alpha value is -2.11. The highest BCUT2D eigenvalue weighted by Gasteiger charge is 2.11. The maximum absolute atomic E-state index is 12.6. The highest BCUT2D eigenvalue weighted by molar-refractivity contribution is 14.0. The molecule has 0 radical (unpaired) electrons. The van der Waals surface area contributed by atoms with Crippen molar-refractivity contribution in [3.05, 3.63) is 42.2 Å². The fourth-order valence-electron chi connectivity index (χ4n) is 2.59. The Kier molecular flexibility index (Phi) is 11.3. The Balaban J connectivity index is 0.00000420. The number of rotatable bonds is 10. The summed E-state index contributed by atoms with van der Waals surface area (Å²) in [5.41, 5.74) is 0.515. The Morgan fingerprint density at radius 3 is 2.72 bits per heavy atom. The molecule has 0 aliphatic rings. The van der Waals surface area contributed by atoms with Crippen LogP contribution in [0.15, 0.2) is 41.7 Å². The largest absolute Gasteiger partial charge is 0.497 e. The van der Waals surface area contributed by atoms with E-state index < -0.39 is 6.61 Å². The topological polar surface area (TPSA) is 72.7 Å². The van der Waals surface area contributed by atoms with Crippen LogP contribution < -0.4 is 20.1 Å². The minimum absolute atomic E-state index is 0. The van der Waals surface area contributed by atoms with E-state index in [9.17, 15) is 8.78 Å². The van der Waals surface area contributed by atoms with Gasteiger partial charge in [0.2, 0.25) is 0 Å².